The molecule has 0 spiro atoms. The van der Waals surface area contributed by atoms with Crippen LogP contribution in [0.15, 0.2) is 146 Å². The third-order valence-electron chi connectivity index (χ3n) is 10.8. The van der Waals surface area contributed by atoms with E-state index in [0.29, 0.717) is 19.3 Å². The molecule has 0 aromatic rings. The van der Waals surface area contributed by atoms with Crippen LogP contribution in [0.25, 0.3) is 0 Å². The van der Waals surface area contributed by atoms with Crippen LogP contribution in [0, 0.1) is 0 Å². The number of ether oxygens (including phenoxy) is 3. The fourth-order valence-electron chi connectivity index (χ4n) is 6.78. The molecular formula is C63H98O6. The Morgan fingerprint density at radius 2 is 0.580 bits per heavy atom. The summed E-state index contributed by atoms with van der Waals surface area (Å²) >= 11 is 0. The molecule has 0 heterocycles. The summed E-state index contributed by atoms with van der Waals surface area (Å²) in [6.45, 7) is 6.25. The van der Waals surface area contributed by atoms with Crippen molar-refractivity contribution in [3.63, 3.8) is 0 Å². The summed E-state index contributed by atoms with van der Waals surface area (Å²) < 4.78 is 16.8. The van der Waals surface area contributed by atoms with Gasteiger partial charge in [0.25, 0.3) is 0 Å². The first kappa shape index (κ1) is 64.3. The average Bonchev–Trinajstić information content (AvgIpc) is 3.35. The van der Waals surface area contributed by atoms with Crippen LogP contribution in [0.4, 0.5) is 0 Å². The second-order valence-electron chi connectivity index (χ2n) is 17.4. The van der Waals surface area contributed by atoms with Crippen LogP contribution in [0.5, 0.6) is 0 Å². The summed E-state index contributed by atoms with van der Waals surface area (Å²) in [5, 5.41) is 0. The first-order valence-electron chi connectivity index (χ1n) is 27.3. The summed E-state index contributed by atoms with van der Waals surface area (Å²) in [5.41, 5.74) is 0. The second-order valence-corrected chi connectivity index (χ2v) is 17.4. The van der Waals surface area contributed by atoms with Crippen molar-refractivity contribution >= 4 is 17.9 Å². The summed E-state index contributed by atoms with van der Waals surface area (Å²) in [5.74, 6) is -1.02. The number of rotatable bonds is 47. The van der Waals surface area contributed by atoms with Gasteiger partial charge in [-0.1, -0.05) is 212 Å². The molecule has 0 N–H and O–H groups in total. The smallest absolute Gasteiger partial charge is 0.306 e. The zero-order valence-electron chi connectivity index (χ0n) is 44.0. The van der Waals surface area contributed by atoms with Gasteiger partial charge in [0.05, 0.1) is 0 Å². The molecule has 69 heavy (non-hydrogen) atoms. The van der Waals surface area contributed by atoms with Crippen molar-refractivity contribution in [2.75, 3.05) is 13.2 Å². The number of carbonyl (C=O) groups excluding carboxylic acids is 3. The molecule has 1 unspecified atom stereocenters. The van der Waals surface area contributed by atoms with E-state index in [1.807, 2.05) is 0 Å². The molecule has 1 atom stereocenters. The Morgan fingerprint density at radius 1 is 0.304 bits per heavy atom. The molecule has 0 radical (unpaired) electrons. The molecule has 0 amide bonds. The lowest BCUT2D eigenvalue weighted by molar-refractivity contribution is -0.167. The molecule has 386 valence electrons. The molecular weight excluding hydrogens is 853 g/mol. The quantitative estimate of drug-likeness (QED) is 0.0262. The van der Waals surface area contributed by atoms with Gasteiger partial charge in [0, 0.05) is 19.3 Å². The molecule has 6 nitrogen and oxygen atoms in total. The van der Waals surface area contributed by atoms with Gasteiger partial charge in [-0.3, -0.25) is 14.4 Å². The van der Waals surface area contributed by atoms with Gasteiger partial charge >= 0.3 is 17.9 Å². The standard InChI is InChI=1S/C63H98O6/c1-4-7-10-13-16-19-22-25-27-29-30-31-32-34-35-38-41-44-47-50-53-56-62(65)68-59-60(58-67-61(64)55-52-49-46-43-40-37-24-21-18-15-12-9-6-3)69-63(66)57-54-51-48-45-42-39-36-33-28-26-23-20-17-14-11-8-5-2/h7-8,10-12,15-17,19-21,24-28,30-31,34-36,39,45,48,60H,4-6,9,13-14,18,22-23,29,32-33,37-38,40-44,46-47,49-59H2,1-3H3/b10-7-,11-8-,15-12-,19-16-,20-17-,24-21-,27-25-,28-26-,31-30-,35-34-,39-36-,48-45-. The first-order valence-corrected chi connectivity index (χ1v) is 27.3. The Morgan fingerprint density at radius 3 is 0.928 bits per heavy atom. The molecule has 0 rings (SSSR count). The number of esters is 3. The molecule has 0 aliphatic rings. The van der Waals surface area contributed by atoms with Crippen molar-refractivity contribution in [3.05, 3.63) is 146 Å². The molecule has 0 aromatic heterocycles. The minimum Gasteiger partial charge on any atom is -0.462 e. The third-order valence-corrected chi connectivity index (χ3v) is 10.8. The van der Waals surface area contributed by atoms with Crippen LogP contribution in [0.2, 0.25) is 0 Å². The maximum Gasteiger partial charge on any atom is 0.306 e. The fraction of sp³-hybridized carbons (Fsp3) is 0.571. The highest BCUT2D eigenvalue weighted by atomic mass is 16.6. The van der Waals surface area contributed by atoms with E-state index in [0.717, 1.165) is 161 Å². The Balaban J connectivity index is 4.54. The van der Waals surface area contributed by atoms with E-state index in [1.165, 1.54) is 6.42 Å². The maximum absolute atomic E-state index is 12.8. The summed E-state index contributed by atoms with van der Waals surface area (Å²) in [6, 6.07) is 0. The highest BCUT2D eigenvalue weighted by molar-refractivity contribution is 5.71. The molecule has 0 saturated carbocycles. The molecule has 0 fully saturated rings. The summed E-state index contributed by atoms with van der Waals surface area (Å²) in [7, 11) is 0. The largest absolute Gasteiger partial charge is 0.462 e. The lowest BCUT2D eigenvalue weighted by atomic mass is 10.1. The van der Waals surface area contributed by atoms with Crippen LogP contribution in [0.1, 0.15) is 213 Å². The lowest BCUT2D eigenvalue weighted by Gasteiger charge is -2.18. The van der Waals surface area contributed by atoms with Gasteiger partial charge in [-0.15, -0.1) is 0 Å². The van der Waals surface area contributed by atoms with E-state index in [2.05, 4.69) is 167 Å². The Labute approximate surface area is 423 Å². The second kappa shape index (κ2) is 55.9. The van der Waals surface area contributed by atoms with Gasteiger partial charge in [-0.25, -0.2) is 0 Å². The van der Waals surface area contributed by atoms with E-state index >= 15 is 0 Å². The minimum absolute atomic E-state index is 0.121. The normalized spacial score (nSPS) is 13.3. The summed E-state index contributed by atoms with van der Waals surface area (Å²) in [6.07, 6.45) is 79.8. The topological polar surface area (TPSA) is 78.9 Å². The number of hydrogen-bond acceptors (Lipinski definition) is 6. The fourth-order valence-corrected chi connectivity index (χ4v) is 6.78. The first-order chi connectivity index (χ1) is 34.0. The predicted molar refractivity (Wildman–Crippen MR) is 297 cm³/mol. The van der Waals surface area contributed by atoms with Gasteiger partial charge in [-0.2, -0.15) is 0 Å². The van der Waals surface area contributed by atoms with Crippen molar-refractivity contribution in [1.29, 1.82) is 0 Å². The zero-order valence-corrected chi connectivity index (χ0v) is 44.0. The van der Waals surface area contributed by atoms with Gasteiger partial charge in [0.15, 0.2) is 6.10 Å². The molecule has 0 aromatic carbocycles. The van der Waals surface area contributed by atoms with E-state index < -0.39 is 6.10 Å². The van der Waals surface area contributed by atoms with Gasteiger partial charge in [-0.05, 0) is 128 Å². The Kier molecular flexibility index (Phi) is 52.1. The monoisotopic (exact) mass is 951 g/mol. The number of allylic oxidation sites excluding steroid dienone is 24. The van der Waals surface area contributed by atoms with E-state index in [4.69, 9.17) is 14.2 Å². The predicted octanol–water partition coefficient (Wildman–Crippen LogP) is 18.4. The van der Waals surface area contributed by atoms with Crippen molar-refractivity contribution in [1.82, 2.24) is 0 Å². The Hall–Kier alpha value is -4.71. The highest BCUT2D eigenvalue weighted by Gasteiger charge is 2.19. The third kappa shape index (κ3) is 54.1. The van der Waals surface area contributed by atoms with Crippen LogP contribution < -0.4 is 0 Å². The summed E-state index contributed by atoms with van der Waals surface area (Å²) in [4.78, 5) is 38.1. The average molecular weight is 951 g/mol. The molecule has 0 aliphatic heterocycles. The molecule has 0 aliphatic carbocycles. The molecule has 0 bridgehead atoms. The van der Waals surface area contributed by atoms with Crippen molar-refractivity contribution in [2.24, 2.45) is 0 Å². The number of hydrogen-bond donors (Lipinski definition) is 0. The van der Waals surface area contributed by atoms with E-state index in [1.54, 1.807) is 0 Å². The van der Waals surface area contributed by atoms with E-state index in [9.17, 15) is 14.4 Å². The minimum atomic E-state index is -0.828. The lowest BCUT2D eigenvalue weighted by Crippen LogP contribution is -2.30. The SMILES string of the molecule is CC/C=C\C/C=C\C/C=C\C/C=C\C/C=C\CCCCCCCC(=O)OCC(COC(=O)CCCCCCC/C=C\C/C=C\CCC)OC(=O)CCC/C=C\C/C=C\C/C=C\C/C=C\C/C=C\CC. The molecule has 6 heteroatoms. The van der Waals surface area contributed by atoms with Gasteiger partial charge in [0.1, 0.15) is 13.2 Å². The van der Waals surface area contributed by atoms with Crippen molar-refractivity contribution in [3.8, 4) is 0 Å². The number of unbranched alkanes of at least 4 members (excludes halogenated alkanes) is 12. The van der Waals surface area contributed by atoms with Crippen molar-refractivity contribution < 1.29 is 28.6 Å². The van der Waals surface area contributed by atoms with Crippen LogP contribution in [-0.2, 0) is 28.6 Å². The highest BCUT2D eigenvalue weighted by Crippen LogP contribution is 2.12. The van der Waals surface area contributed by atoms with E-state index in [-0.39, 0.29) is 37.5 Å². The Bertz CT molecular complexity index is 1560. The van der Waals surface area contributed by atoms with Crippen molar-refractivity contribution in [2.45, 2.75) is 219 Å². The van der Waals surface area contributed by atoms with Crippen LogP contribution >= 0.6 is 0 Å². The number of carbonyl (C=O) groups is 3. The van der Waals surface area contributed by atoms with Crippen LogP contribution in [0.3, 0.4) is 0 Å². The maximum atomic E-state index is 12.8. The zero-order chi connectivity index (χ0) is 50.0. The molecule has 0 saturated heterocycles. The van der Waals surface area contributed by atoms with Gasteiger partial charge < -0.3 is 14.2 Å². The van der Waals surface area contributed by atoms with Crippen LogP contribution in [-0.4, -0.2) is 37.2 Å². The van der Waals surface area contributed by atoms with Gasteiger partial charge in [0.2, 0.25) is 0 Å².